The average molecular weight is 406 g/mol. The fourth-order valence-corrected chi connectivity index (χ4v) is 2.17. The zero-order valence-corrected chi connectivity index (χ0v) is 14.4. The van der Waals surface area contributed by atoms with Crippen molar-refractivity contribution in [3.63, 3.8) is 0 Å². The Bertz CT molecular complexity index is 846. The Morgan fingerprint density at radius 3 is 2.41 bits per heavy atom. The van der Waals surface area contributed by atoms with Gasteiger partial charge in [-0.15, -0.1) is 0 Å². The number of amides is 1. The Labute approximate surface area is 155 Å². The Morgan fingerprint density at radius 2 is 1.89 bits per heavy atom. The van der Waals surface area contributed by atoms with E-state index in [0.717, 1.165) is 30.5 Å². The maximum Gasteiger partial charge on any atom is 0.441 e. The summed E-state index contributed by atoms with van der Waals surface area (Å²) >= 11 is 5.63. The molecular formula is C16H12ClF4N3O3. The lowest BCUT2D eigenvalue weighted by molar-refractivity contribution is -0.203. The first-order valence-corrected chi connectivity index (χ1v) is 7.60. The van der Waals surface area contributed by atoms with Crippen LogP contribution in [0.1, 0.15) is 10.4 Å². The van der Waals surface area contributed by atoms with Crippen LogP contribution in [0.5, 0.6) is 0 Å². The first-order chi connectivity index (χ1) is 12.6. The second kappa shape index (κ2) is 7.78. The van der Waals surface area contributed by atoms with Gasteiger partial charge in [-0.1, -0.05) is 17.7 Å². The molecule has 1 heterocycles. The van der Waals surface area contributed by atoms with Gasteiger partial charge in [0.15, 0.2) is 0 Å². The zero-order valence-electron chi connectivity index (χ0n) is 13.6. The van der Waals surface area contributed by atoms with Crippen LogP contribution in [-0.4, -0.2) is 35.8 Å². The molecule has 0 fully saturated rings. The van der Waals surface area contributed by atoms with Gasteiger partial charge in [0, 0.05) is 11.8 Å². The number of aromatic nitrogens is 1. The van der Waals surface area contributed by atoms with Crippen LogP contribution in [0.4, 0.5) is 23.4 Å². The fourth-order valence-electron chi connectivity index (χ4n) is 2.06. The van der Waals surface area contributed by atoms with Crippen molar-refractivity contribution in [3.8, 4) is 0 Å². The minimum Gasteiger partial charge on any atom is -0.466 e. The van der Waals surface area contributed by atoms with Crippen molar-refractivity contribution in [1.82, 2.24) is 10.3 Å². The first kappa shape index (κ1) is 20.4. The van der Waals surface area contributed by atoms with Gasteiger partial charge in [0.2, 0.25) is 0 Å². The SMILES string of the molecule is COC(=O)C(NC(=O)c1cccc(F)c1)(Nc1ccc(Cl)cn1)C(F)(F)F. The number of nitrogens with one attached hydrogen (secondary N) is 2. The van der Waals surface area contributed by atoms with Crippen molar-refractivity contribution in [2.45, 2.75) is 11.8 Å². The fraction of sp³-hybridized carbons (Fsp3) is 0.188. The Hall–Kier alpha value is -2.88. The lowest BCUT2D eigenvalue weighted by atomic mass is 10.1. The van der Waals surface area contributed by atoms with Crippen LogP contribution in [0, 0.1) is 5.82 Å². The third-order valence-corrected chi connectivity index (χ3v) is 3.57. The number of carbonyl (C=O) groups is 2. The number of anilines is 1. The number of esters is 1. The van der Waals surface area contributed by atoms with Crippen molar-refractivity contribution in [2.24, 2.45) is 0 Å². The van der Waals surface area contributed by atoms with Crippen LogP contribution in [0.25, 0.3) is 0 Å². The predicted octanol–water partition coefficient (Wildman–Crippen LogP) is 3.15. The molecule has 2 rings (SSSR count). The minimum absolute atomic E-state index is 0.139. The van der Waals surface area contributed by atoms with Crippen LogP contribution < -0.4 is 10.6 Å². The number of nitrogens with zero attached hydrogens (tertiary/aromatic N) is 1. The maximum atomic E-state index is 13.8. The standard InChI is InChI=1S/C16H12ClF4N3O3/c1-27-14(26)15(16(19,20)21,23-12-6-5-10(17)8-22-12)24-13(25)9-3-2-4-11(18)7-9/h2-8H,1H3,(H,22,23)(H,24,25). The molecule has 1 atom stereocenters. The molecule has 6 nitrogen and oxygen atoms in total. The molecule has 1 amide bonds. The Kier molecular flexibility index (Phi) is 5.89. The molecule has 0 saturated heterocycles. The van der Waals surface area contributed by atoms with Gasteiger partial charge in [-0.25, -0.2) is 14.2 Å². The average Bonchev–Trinajstić information content (AvgIpc) is 2.61. The number of halogens is 5. The summed E-state index contributed by atoms with van der Waals surface area (Å²) < 4.78 is 59.0. The van der Waals surface area contributed by atoms with Gasteiger partial charge in [0.25, 0.3) is 5.91 Å². The summed E-state index contributed by atoms with van der Waals surface area (Å²) in [4.78, 5) is 27.9. The molecule has 1 unspecified atom stereocenters. The quantitative estimate of drug-likeness (QED) is 0.454. The molecule has 0 aliphatic carbocycles. The van der Waals surface area contributed by atoms with Gasteiger partial charge in [0.1, 0.15) is 11.6 Å². The van der Waals surface area contributed by atoms with E-state index in [9.17, 15) is 27.2 Å². The van der Waals surface area contributed by atoms with Crippen LogP contribution in [0.15, 0.2) is 42.6 Å². The van der Waals surface area contributed by atoms with Gasteiger partial charge < -0.3 is 15.4 Å². The van der Waals surface area contributed by atoms with Gasteiger partial charge in [-0.2, -0.15) is 13.2 Å². The van der Waals surface area contributed by atoms with E-state index in [1.54, 1.807) is 0 Å². The lowest BCUT2D eigenvalue weighted by Crippen LogP contribution is -2.69. The monoisotopic (exact) mass is 405 g/mol. The number of pyridine rings is 1. The zero-order chi connectivity index (χ0) is 20.2. The lowest BCUT2D eigenvalue weighted by Gasteiger charge is -2.34. The predicted molar refractivity (Wildman–Crippen MR) is 87.5 cm³/mol. The van der Waals surface area contributed by atoms with Gasteiger partial charge in [0.05, 0.1) is 12.1 Å². The first-order valence-electron chi connectivity index (χ1n) is 7.22. The van der Waals surface area contributed by atoms with E-state index < -0.39 is 40.9 Å². The Morgan fingerprint density at radius 1 is 1.19 bits per heavy atom. The summed E-state index contributed by atoms with van der Waals surface area (Å²) in [7, 11) is 0.716. The topological polar surface area (TPSA) is 80.3 Å². The summed E-state index contributed by atoms with van der Waals surface area (Å²) in [5.74, 6) is -4.47. The number of alkyl halides is 3. The van der Waals surface area contributed by atoms with Crippen LogP contribution in [0.3, 0.4) is 0 Å². The van der Waals surface area contributed by atoms with E-state index in [1.807, 2.05) is 5.32 Å². The summed E-state index contributed by atoms with van der Waals surface area (Å²) in [6.07, 6.45) is -4.30. The van der Waals surface area contributed by atoms with Gasteiger partial charge >= 0.3 is 17.8 Å². The molecule has 0 spiro atoms. The molecular weight excluding hydrogens is 394 g/mol. The van der Waals surface area contributed by atoms with E-state index in [-0.39, 0.29) is 5.02 Å². The number of ether oxygens (including phenoxy) is 1. The van der Waals surface area contributed by atoms with Crippen LogP contribution in [-0.2, 0) is 9.53 Å². The summed E-state index contributed by atoms with van der Waals surface area (Å²) in [5.41, 5.74) is -4.11. The number of hydrogen-bond donors (Lipinski definition) is 2. The van der Waals surface area contributed by atoms with E-state index in [1.165, 1.54) is 11.4 Å². The Balaban J connectivity index is 2.48. The largest absolute Gasteiger partial charge is 0.466 e. The third-order valence-electron chi connectivity index (χ3n) is 3.35. The van der Waals surface area contributed by atoms with Gasteiger partial charge in [-0.05, 0) is 30.3 Å². The van der Waals surface area contributed by atoms with Crippen molar-refractivity contribution >= 4 is 29.3 Å². The van der Waals surface area contributed by atoms with E-state index in [2.05, 4.69) is 9.72 Å². The van der Waals surface area contributed by atoms with E-state index in [0.29, 0.717) is 13.2 Å². The number of benzene rings is 1. The molecule has 11 heteroatoms. The molecule has 1 aromatic heterocycles. The van der Waals surface area contributed by atoms with Crippen molar-refractivity contribution in [3.05, 3.63) is 59.0 Å². The molecule has 2 N–H and O–H groups in total. The highest BCUT2D eigenvalue weighted by molar-refractivity contribution is 6.30. The molecule has 2 aromatic rings. The smallest absolute Gasteiger partial charge is 0.441 e. The summed E-state index contributed by atoms with van der Waals surface area (Å²) in [6.45, 7) is 0. The minimum atomic E-state index is -5.34. The van der Waals surface area contributed by atoms with Crippen LogP contribution in [0.2, 0.25) is 5.02 Å². The van der Waals surface area contributed by atoms with Crippen LogP contribution >= 0.6 is 11.6 Å². The number of methoxy groups -OCH3 is 1. The highest BCUT2D eigenvalue weighted by atomic mass is 35.5. The number of carbonyl (C=O) groups excluding carboxylic acids is 2. The van der Waals surface area contributed by atoms with Crippen molar-refractivity contribution < 1.29 is 31.9 Å². The molecule has 0 aliphatic rings. The maximum absolute atomic E-state index is 13.8. The van der Waals surface area contributed by atoms with Crippen molar-refractivity contribution in [1.29, 1.82) is 0 Å². The van der Waals surface area contributed by atoms with E-state index >= 15 is 0 Å². The summed E-state index contributed by atoms with van der Waals surface area (Å²) in [5, 5.41) is 3.51. The molecule has 0 aliphatic heterocycles. The molecule has 27 heavy (non-hydrogen) atoms. The molecule has 1 aromatic carbocycles. The normalized spacial score (nSPS) is 13.4. The second-order valence-electron chi connectivity index (χ2n) is 5.19. The number of hydrogen-bond acceptors (Lipinski definition) is 5. The molecule has 0 radical (unpaired) electrons. The molecule has 144 valence electrons. The molecule has 0 saturated carbocycles. The summed E-state index contributed by atoms with van der Waals surface area (Å²) in [6, 6.07) is 6.23. The van der Waals surface area contributed by atoms with Crippen molar-refractivity contribution in [2.75, 3.05) is 12.4 Å². The number of rotatable bonds is 5. The second-order valence-corrected chi connectivity index (χ2v) is 5.63. The highest BCUT2D eigenvalue weighted by Crippen LogP contribution is 2.33. The van der Waals surface area contributed by atoms with Gasteiger partial charge in [-0.3, -0.25) is 4.79 Å². The highest BCUT2D eigenvalue weighted by Gasteiger charge is 2.63. The third kappa shape index (κ3) is 4.45. The van der Waals surface area contributed by atoms with E-state index in [4.69, 9.17) is 11.6 Å². The molecule has 0 bridgehead atoms.